The van der Waals surface area contributed by atoms with Crippen molar-refractivity contribution >= 4 is 34.8 Å². The molecule has 3 aromatic rings. The summed E-state index contributed by atoms with van der Waals surface area (Å²) in [6.07, 6.45) is 4.57. The lowest BCUT2D eigenvalue weighted by atomic mass is 10.1. The normalized spacial score (nSPS) is 17.9. The van der Waals surface area contributed by atoms with Crippen LogP contribution in [-0.2, 0) is 22.6 Å². The van der Waals surface area contributed by atoms with Crippen LogP contribution in [0.1, 0.15) is 31.5 Å². The summed E-state index contributed by atoms with van der Waals surface area (Å²) in [5.41, 5.74) is 2.22. The largest absolute Gasteiger partial charge is 0.495 e. The number of fused-ring (bicyclic) bond motifs is 1. The van der Waals surface area contributed by atoms with Crippen molar-refractivity contribution < 1.29 is 14.3 Å². The third kappa shape index (κ3) is 4.37. The van der Waals surface area contributed by atoms with Gasteiger partial charge in [-0.05, 0) is 55.3 Å². The first kappa shape index (κ1) is 22.4. The molecule has 0 aliphatic carbocycles. The van der Waals surface area contributed by atoms with Gasteiger partial charge in [0.05, 0.1) is 18.7 Å². The molecule has 1 saturated heterocycles. The molecule has 8 nitrogen and oxygen atoms in total. The molecule has 0 bridgehead atoms. The number of carbonyl (C=O) groups is 2. The van der Waals surface area contributed by atoms with E-state index in [-0.39, 0.29) is 24.8 Å². The second kappa shape index (κ2) is 9.46. The summed E-state index contributed by atoms with van der Waals surface area (Å²) in [5.74, 6) is 1.65. The molecular formula is C25H26ClN5O3. The van der Waals surface area contributed by atoms with Crippen molar-refractivity contribution in [3.05, 3.63) is 53.3 Å². The highest BCUT2D eigenvalue weighted by atomic mass is 35.5. The maximum atomic E-state index is 12.9. The number of benzene rings is 2. The Hall–Kier alpha value is -3.39. The fraction of sp³-hybridized carbons (Fsp3) is 0.360. The molecule has 1 N–H and O–H groups in total. The molecule has 176 valence electrons. The van der Waals surface area contributed by atoms with Gasteiger partial charge in [-0.25, -0.2) is 0 Å². The number of halogens is 1. The Morgan fingerprint density at radius 2 is 1.94 bits per heavy atom. The molecule has 2 aliphatic heterocycles. The summed E-state index contributed by atoms with van der Waals surface area (Å²) in [6.45, 7) is 1.20. The Morgan fingerprint density at radius 1 is 1.12 bits per heavy atom. The highest BCUT2D eigenvalue weighted by Crippen LogP contribution is 2.35. The molecule has 1 atom stereocenters. The molecule has 1 fully saturated rings. The van der Waals surface area contributed by atoms with E-state index in [1.807, 2.05) is 24.3 Å². The van der Waals surface area contributed by atoms with Gasteiger partial charge in [0.15, 0.2) is 5.82 Å². The predicted molar refractivity (Wildman–Crippen MR) is 130 cm³/mol. The maximum Gasteiger partial charge on any atom is 0.229 e. The van der Waals surface area contributed by atoms with Crippen molar-refractivity contribution in [2.45, 2.75) is 38.6 Å². The van der Waals surface area contributed by atoms with Gasteiger partial charge < -0.3 is 19.5 Å². The second-order valence-corrected chi connectivity index (χ2v) is 9.13. The van der Waals surface area contributed by atoms with E-state index in [9.17, 15) is 9.59 Å². The van der Waals surface area contributed by atoms with E-state index in [2.05, 4.69) is 20.1 Å². The van der Waals surface area contributed by atoms with Crippen molar-refractivity contribution in [1.29, 1.82) is 0 Å². The van der Waals surface area contributed by atoms with Gasteiger partial charge in [0.1, 0.15) is 11.6 Å². The molecule has 9 heteroatoms. The van der Waals surface area contributed by atoms with E-state index in [1.54, 1.807) is 23.1 Å². The molecule has 0 radical (unpaired) electrons. The van der Waals surface area contributed by atoms with Gasteiger partial charge in [-0.15, -0.1) is 10.2 Å². The van der Waals surface area contributed by atoms with Crippen LogP contribution in [0.2, 0.25) is 5.02 Å². The van der Waals surface area contributed by atoms with Crippen molar-refractivity contribution in [3.8, 4) is 17.1 Å². The zero-order chi connectivity index (χ0) is 23.7. The highest BCUT2D eigenvalue weighted by Gasteiger charge is 2.36. The van der Waals surface area contributed by atoms with Crippen LogP contribution in [0.5, 0.6) is 5.75 Å². The fourth-order valence-electron chi connectivity index (χ4n) is 4.64. The van der Waals surface area contributed by atoms with Crippen molar-refractivity contribution in [3.63, 3.8) is 0 Å². The summed E-state index contributed by atoms with van der Waals surface area (Å²) in [6, 6.07) is 12.7. The Kier molecular flexibility index (Phi) is 6.24. The van der Waals surface area contributed by atoms with E-state index in [1.165, 1.54) is 13.5 Å². The first-order chi connectivity index (χ1) is 16.5. The van der Waals surface area contributed by atoms with E-state index < -0.39 is 5.92 Å². The van der Waals surface area contributed by atoms with Crippen molar-refractivity contribution in [2.75, 3.05) is 23.9 Å². The molecule has 3 heterocycles. The lowest BCUT2D eigenvalue weighted by Crippen LogP contribution is -2.28. The number of hydrogen-bond acceptors (Lipinski definition) is 5. The topological polar surface area (TPSA) is 89.3 Å². The van der Waals surface area contributed by atoms with Gasteiger partial charge in [-0.1, -0.05) is 18.0 Å². The number of rotatable bonds is 5. The van der Waals surface area contributed by atoms with Gasteiger partial charge in [-0.3, -0.25) is 9.59 Å². The molecule has 0 unspecified atom stereocenters. The smallest absolute Gasteiger partial charge is 0.229 e. The standard InChI is InChI=1S/C25H26ClN5O3/c1-34-21-11-8-18(26)14-20(21)31-15-17(13-23(31)32)25(33)27-19-9-6-16(7-10-19)24-29-28-22-5-3-2-4-12-30(22)24/h6-11,14,17H,2-5,12-13,15H2,1H3,(H,27,33)/t17-/m0/s1. The van der Waals surface area contributed by atoms with Crippen LogP contribution >= 0.6 is 11.6 Å². The van der Waals surface area contributed by atoms with Crippen LogP contribution < -0.4 is 15.0 Å². The van der Waals surface area contributed by atoms with Crippen molar-refractivity contribution in [1.82, 2.24) is 14.8 Å². The van der Waals surface area contributed by atoms with Crippen molar-refractivity contribution in [2.24, 2.45) is 5.92 Å². The molecule has 0 spiro atoms. The molecule has 5 rings (SSSR count). The van der Waals surface area contributed by atoms with Crippen LogP contribution in [0.15, 0.2) is 42.5 Å². The molecule has 2 amide bonds. The number of carbonyl (C=O) groups excluding carboxylic acids is 2. The monoisotopic (exact) mass is 479 g/mol. The average Bonchev–Trinajstić information content (AvgIpc) is 3.35. The zero-order valence-corrected chi connectivity index (χ0v) is 19.7. The molecule has 2 aliphatic rings. The Bertz CT molecular complexity index is 1220. The van der Waals surface area contributed by atoms with Gasteiger partial charge in [0, 0.05) is 42.2 Å². The van der Waals surface area contributed by atoms with Crippen LogP contribution in [0.3, 0.4) is 0 Å². The summed E-state index contributed by atoms with van der Waals surface area (Å²) in [4.78, 5) is 27.2. The third-order valence-corrected chi connectivity index (χ3v) is 6.68. The molecule has 1 aromatic heterocycles. The number of aryl methyl sites for hydroxylation is 1. The average molecular weight is 480 g/mol. The third-order valence-electron chi connectivity index (χ3n) is 6.45. The summed E-state index contributed by atoms with van der Waals surface area (Å²) >= 11 is 6.12. The number of nitrogens with one attached hydrogen (secondary N) is 1. The lowest BCUT2D eigenvalue weighted by Gasteiger charge is -2.20. The van der Waals surface area contributed by atoms with Crippen LogP contribution in [0.4, 0.5) is 11.4 Å². The molecule has 2 aromatic carbocycles. The Labute approximate surface area is 202 Å². The van der Waals surface area contributed by atoms with Crippen LogP contribution in [0, 0.1) is 5.92 Å². The van der Waals surface area contributed by atoms with E-state index >= 15 is 0 Å². The predicted octanol–water partition coefficient (Wildman–Crippen LogP) is 4.33. The molecular weight excluding hydrogens is 454 g/mol. The number of nitrogens with zero attached hydrogens (tertiary/aromatic N) is 4. The first-order valence-corrected chi connectivity index (χ1v) is 11.9. The van der Waals surface area contributed by atoms with Gasteiger partial charge in [0.25, 0.3) is 0 Å². The molecule has 0 saturated carbocycles. The summed E-state index contributed by atoms with van der Waals surface area (Å²) in [7, 11) is 1.54. The number of ether oxygens (including phenoxy) is 1. The molecule has 34 heavy (non-hydrogen) atoms. The fourth-order valence-corrected chi connectivity index (χ4v) is 4.80. The van der Waals surface area contributed by atoms with Gasteiger partial charge in [-0.2, -0.15) is 0 Å². The summed E-state index contributed by atoms with van der Waals surface area (Å²) < 4.78 is 7.57. The lowest BCUT2D eigenvalue weighted by molar-refractivity contribution is -0.122. The summed E-state index contributed by atoms with van der Waals surface area (Å²) in [5, 5.41) is 12.2. The Morgan fingerprint density at radius 3 is 2.74 bits per heavy atom. The maximum absolute atomic E-state index is 12.9. The van der Waals surface area contributed by atoms with Gasteiger partial charge >= 0.3 is 0 Å². The number of amides is 2. The quantitative estimate of drug-likeness (QED) is 0.588. The van der Waals surface area contributed by atoms with Gasteiger partial charge in [0.2, 0.25) is 11.8 Å². The number of anilines is 2. The number of hydrogen-bond donors (Lipinski definition) is 1. The SMILES string of the molecule is COc1ccc(Cl)cc1N1C[C@@H](C(=O)Nc2ccc(-c3nnc4n3CCCCC4)cc2)CC1=O. The van der Waals surface area contributed by atoms with E-state index in [4.69, 9.17) is 16.3 Å². The zero-order valence-electron chi connectivity index (χ0n) is 19.0. The first-order valence-electron chi connectivity index (χ1n) is 11.5. The highest BCUT2D eigenvalue weighted by molar-refractivity contribution is 6.31. The minimum absolute atomic E-state index is 0.130. The van der Waals surface area contributed by atoms with Crippen LogP contribution in [0.25, 0.3) is 11.4 Å². The second-order valence-electron chi connectivity index (χ2n) is 8.69. The number of aromatic nitrogens is 3. The van der Waals surface area contributed by atoms with E-state index in [0.717, 1.165) is 43.0 Å². The Balaban J connectivity index is 1.27. The minimum Gasteiger partial charge on any atom is -0.495 e. The van der Waals surface area contributed by atoms with Crippen LogP contribution in [-0.4, -0.2) is 40.2 Å². The minimum atomic E-state index is -0.469. The van der Waals surface area contributed by atoms with E-state index in [0.29, 0.717) is 22.1 Å². The number of methoxy groups -OCH3 is 1.